The molecule has 7 nitrogen and oxygen atoms in total. The number of nitrogens with zero attached hydrogens (tertiary/aromatic N) is 4. The Morgan fingerprint density at radius 1 is 1.21 bits per heavy atom. The molecule has 4 aromatic rings. The number of aromatic nitrogens is 4. The van der Waals surface area contributed by atoms with Gasteiger partial charge < -0.3 is 10.2 Å². The average Bonchev–Trinajstić information content (AvgIpc) is 3.54. The van der Waals surface area contributed by atoms with Gasteiger partial charge in [0.15, 0.2) is 5.82 Å². The zero-order valence-electron chi connectivity index (χ0n) is 19.6. The van der Waals surface area contributed by atoms with Crippen LogP contribution in [-0.2, 0) is 0 Å². The number of pyridine rings is 2. The highest BCUT2D eigenvalue weighted by Crippen LogP contribution is 2.58. The topological polar surface area (TPSA) is 86.8 Å². The van der Waals surface area contributed by atoms with E-state index in [0.717, 1.165) is 53.5 Å². The third-order valence-electron chi connectivity index (χ3n) is 7.35. The van der Waals surface area contributed by atoms with Gasteiger partial charge in [0.1, 0.15) is 11.2 Å². The van der Waals surface area contributed by atoms with Crippen molar-refractivity contribution in [3.63, 3.8) is 0 Å². The zero-order valence-corrected chi connectivity index (χ0v) is 19.6. The summed E-state index contributed by atoms with van der Waals surface area (Å²) in [5.41, 5.74) is 6.41. The summed E-state index contributed by atoms with van der Waals surface area (Å²) >= 11 is 0. The molecule has 0 radical (unpaired) electrons. The third-order valence-corrected chi connectivity index (χ3v) is 7.35. The van der Waals surface area contributed by atoms with Gasteiger partial charge in [0.05, 0.1) is 11.2 Å². The molecule has 3 aromatic heterocycles. The molecule has 2 unspecified atom stereocenters. The number of nitrogens with one attached hydrogen (secondary N) is 2. The second kappa shape index (κ2) is 7.84. The molecule has 0 aliphatic heterocycles. The summed E-state index contributed by atoms with van der Waals surface area (Å²) in [6.07, 6.45) is 5.02. The molecule has 2 bridgehead atoms. The van der Waals surface area contributed by atoms with Gasteiger partial charge in [-0.3, -0.25) is 14.9 Å². The van der Waals surface area contributed by atoms with Gasteiger partial charge in [-0.25, -0.2) is 9.37 Å². The van der Waals surface area contributed by atoms with Gasteiger partial charge in [-0.15, -0.1) is 0 Å². The number of rotatable bonds is 5. The predicted octanol–water partition coefficient (Wildman–Crippen LogP) is 4.28. The third kappa shape index (κ3) is 3.20. The molecular weight excluding hydrogens is 431 g/mol. The van der Waals surface area contributed by atoms with Gasteiger partial charge in [0, 0.05) is 47.4 Å². The number of carbonyl (C=O) groups is 1. The van der Waals surface area contributed by atoms with Crippen molar-refractivity contribution < 1.29 is 9.18 Å². The van der Waals surface area contributed by atoms with Crippen LogP contribution in [0.5, 0.6) is 0 Å². The van der Waals surface area contributed by atoms with E-state index in [0.29, 0.717) is 35.1 Å². The van der Waals surface area contributed by atoms with E-state index < -0.39 is 0 Å². The summed E-state index contributed by atoms with van der Waals surface area (Å²) in [6, 6.07) is 5.08. The van der Waals surface area contributed by atoms with Crippen LogP contribution < -0.4 is 5.32 Å². The van der Waals surface area contributed by atoms with E-state index in [1.54, 1.807) is 12.3 Å². The number of aromatic amines is 1. The lowest BCUT2D eigenvalue weighted by molar-refractivity contribution is 0.0946. The Hall–Kier alpha value is -3.39. The molecule has 2 N–H and O–H groups in total. The number of aryl methyl sites for hydroxylation is 1. The van der Waals surface area contributed by atoms with Crippen molar-refractivity contribution in [1.82, 2.24) is 30.4 Å². The molecule has 1 amide bonds. The van der Waals surface area contributed by atoms with E-state index in [1.165, 1.54) is 17.2 Å². The summed E-state index contributed by atoms with van der Waals surface area (Å²) in [4.78, 5) is 23.8. The maximum Gasteiger partial charge on any atom is 0.269 e. The molecule has 2 atom stereocenters. The molecule has 2 aliphatic carbocycles. The van der Waals surface area contributed by atoms with Crippen LogP contribution >= 0.6 is 0 Å². The SMILES string of the molecule is Cc1[nH]nc2cc(F)c3nc(-c4ccc(C(=O)NCCN(C)C)nc4)c4c(c3c12)C1CCC4C1. The minimum atomic E-state index is -0.356. The van der Waals surface area contributed by atoms with E-state index in [1.807, 2.05) is 32.0 Å². The molecule has 1 aromatic carbocycles. The lowest BCUT2D eigenvalue weighted by Crippen LogP contribution is -2.31. The van der Waals surface area contributed by atoms with Crippen LogP contribution in [-0.4, -0.2) is 58.2 Å². The minimum Gasteiger partial charge on any atom is -0.349 e. The van der Waals surface area contributed by atoms with Crippen molar-refractivity contribution in [3.05, 3.63) is 52.7 Å². The van der Waals surface area contributed by atoms with Crippen LogP contribution in [0.1, 0.15) is 58.4 Å². The van der Waals surface area contributed by atoms with Crippen molar-refractivity contribution in [3.8, 4) is 11.3 Å². The first-order valence-electron chi connectivity index (χ1n) is 11.8. The summed E-state index contributed by atoms with van der Waals surface area (Å²) in [7, 11) is 3.92. The van der Waals surface area contributed by atoms with Gasteiger partial charge in [-0.2, -0.15) is 5.10 Å². The van der Waals surface area contributed by atoms with Crippen molar-refractivity contribution in [2.75, 3.05) is 27.2 Å². The van der Waals surface area contributed by atoms with Crippen LogP contribution in [0, 0.1) is 12.7 Å². The van der Waals surface area contributed by atoms with Crippen molar-refractivity contribution >= 4 is 27.7 Å². The van der Waals surface area contributed by atoms with Gasteiger partial charge in [0.25, 0.3) is 5.91 Å². The number of halogens is 1. The number of carbonyl (C=O) groups excluding carboxylic acids is 1. The van der Waals surface area contributed by atoms with Gasteiger partial charge in [0.2, 0.25) is 0 Å². The van der Waals surface area contributed by atoms with Crippen LogP contribution in [0.3, 0.4) is 0 Å². The Kier molecular flexibility index (Phi) is 4.88. The Balaban J connectivity index is 1.47. The molecule has 2 aliphatic rings. The number of hydrogen-bond acceptors (Lipinski definition) is 5. The Labute approximate surface area is 196 Å². The lowest BCUT2D eigenvalue weighted by Gasteiger charge is -2.21. The molecule has 1 fully saturated rings. The summed E-state index contributed by atoms with van der Waals surface area (Å²) < 4.78 is 15.3. The summed E-state index contributed by atoms with van der Waals surface area (Å²) in [5, 5.41) is 12.1. The Bertz CT molecular complexity index is 1440. The van der Waals surface area contributed by atoms with Gasteiger partial charge in [-0.05, 0) is 75.4 Å². The first-order chi connectivity index (χ1) is 16.4. The van der Waals surface area contributed by atoms with E-state index >= 15 is 4.39 Å². The number of H-pyrrole nitrogens is 1. The second-order valence-electron chi connectivity index (χ2n) is 9.81. The van der Waals surface area contributed by atoms with E-state index in [9.17, 15) is 4.79 Å². The zero-order chi connectivity index (χ0) is 23.6. The van der Waals surface area contributed by atoms with Crippen molar-refractivity contribution in [2.45, 2.75) is 38.0 Å². The van der Waals surface area contributed by atoms with E-state index in [-0.39, 0.29) is 11.7 Å². The number of amides is 1. The fourth-order valence-electron chi connectivity index (χ4n) is 5.82. The van der Waals surface area contributed by atoms with Crippen LogP contribution in [0.4, 0.5) is 4.39 Å². The van der Waals surface area contributed by atoms with Crippen LogP contribution in [0.25, 0.3) is 33.1 Å². The van der Waals surface area contributed by atoms with E-state index in [4.69, 9.17) is 4.98 Å². The first kappa shape index (κ1) is 21.2. The Morgan fingerprint density at radius 2 is 2.00 bits per heavy atom. The van der Waals surface area contributed by atoms with Crippen LogP contribution in [0.15, 0.2) is 24.4 Å². The molecular formula is C26H27FN6O. The smallest absolute Gasteiger partial charge is 0.269 e. The molecule has 6 rings (SSSR count). The standard InChI is InChI=1S/C26H27FN6O/c1-13-20-19(32-31-13)11-17(27)25-23(20)21-14-4-5-15(10-14)22(21)24(30-25)16-6-7-18(29-12-16)26(34)28-8-9-33(2)3/h6-7,11-12,14-15H,4-5,8-10H2,1-3H3,(H,28,34)(H,31,32). The van der Waals surface area contributed by atoms with Crippen molar-refractivity contribution in [2.24, 2.45) is 0 Å². The fraction of sp³-hybridized carbons (Fsp3) is 0.385. The summed E-state index contributed by atoms with van der Waals surface area (Å²) in [6.45, 7) is 3.29. The fourth-order valence-corrected chi connectivity index (χ4v) is 5.82. The van der Waals surface area contributed by atoms with Gasteiger partial charge in [-0.1, -0.05) is 0 Å². The van der Waals surface area contributed by atoms with E-state index in [2.05, 4.69) is 20.5 Å². The quantitative estimate of drug-likeness (QED) is 0.466. The summed E-state index contributed by atoms with van der Waals surface area (Å²) in [5.74, 6) is 0.281. The molecule has 3 heterocycles. The molecule has 1 saturated carbocycles. The predicted molar refractivity (Wildman–Crippen MR) is 130 cm³/mol. The van der Waals surface area contributed by atoms with Crippen LogP contribution in [0.2, 0.25) is 0 Å². The maximum atomic E-state index is 15.3. The molecule has 0 spiro atoms. The minimum absolute atomic E-state index is 0.201. The number of benzene rings is 1. The highest BCUT2D eigenvalue weighted by atomic mass is 19.1. The number of hydrogen-bond donors (Lipinski definition) is 2. The first-order valence-corrected chi connectivity index (χ1v) is 11.8. The van der Waals surface area contributed by atoms with Crippen molar-refractivity contribution in [1.29, 1.82) is 0 Å². The average molecular weight is 459 g/mol. The second-order valence-corrected chi connectivity index (χ2v) is 9.81. The van der Waals surface area contributed by atoms with Gasteiger partial charge >= 0.3 is 0 Å². The number of fused-ring (bicyclic) bond motifs is 9. The molecule has 0 saturated heterocycles. The molecule has 8 heteroatoms. The Morgan fingerprint density at radius 3 is 2.74 bits per heavy atom. The highest BCUT2D eigenvalue weighted by Gasteiger charge is 2.41. The highest BCUT2D eigenvalue weighted by molar-refractivity contribution is 6.10. The largest absolute Gasteiger partial charge is 0.349 e. The monoisotopic (exact) mass is 458 g/mol. The normalized spacial score (nSPS) is 18.9. The maximum absolute atomic E-state index is 15.3. The molecule has 174 valence electrons. The number of likely N-dealkylation sites (N-methyl/N-ethyl adjacent to an activating group) is 1. The molecule has 34 heavy (non-hydrogen) atoms. The lowest BCUT2D eigenvalue weighted by atomic mass is 9.85.